The summed E-state index contributed by atoms with van der Waals surface area (Å²) in [5.41, 5.74) is 1.76. The molecule has 1 heterocycles. The van der Waals surface area contributed by atoms with Gasteiger partial charge in [-0.3, -0.25) is 9.59 Å². The van der Waals surface area contributed by atoms with Crippen LogP contribution in [0.5, 0.6) is 17.2 Å². The number of carbonyl (C=O) groups excluding carboxylic acids is 2. The van der Waals surface area contributed by atoms with Crippen molar-refractivity contribution < 1.29 is 23.8 Å². The van der Waals surface area contributed by atoms with E-state index in [9.17, 15) is 9.59 Å². The number of benzene rings is 2. The van der Waals surface area contributed by atoms with Crippen LogP contribution in [0.4, 0.5) is 0 Å². The molecule has 0 fully saturated rings. The Bertz CT molecular complexity index is 800. The average molecular weight is 355 g/mol. The maximum Gasteiger partial charge on any atom is 0.231 e. The van der Waals surface area contributed by atoms with Gasteiger partial charge >= 0.3 is 0 Å². The lowest BCUT2D eigenvalue weighted by molar-refractivity contribution is -0.126. The van der Waals surface area contributed by atoms with E-state index in [4.69, 9.17) is 14.2 Å². The summed E-state index contributed by atoms with van der Waals surface area (Å²) in [7, 11) is 1.59. The lowest BCUT2D eigenvalue weighted by Gasteiger charge is -2.16. The molecule has 1 unspecified atom stereocenters. The first-order valence-corrected chi connectivity index (χ1v) is 8.36. The zero-order valence-corrected chi connectivity index (χ0v) is 14.8. The lowest BCUT2D eigenvalue weighted by atomic mass is 10.0. The molecule has 136 valence electrons. The van der Waals surface area contributed by atoms with Crippen LogP contribution in [0.25, 0.3) is 0 Å². The Morgan fingerprint density at radius 3 is 2.46 bits per heavy atom. The van der Waals surface area contributed by atoms with Crippen LogP contribution >= 0.6 is 0 Å². The maximum atomic E-state index is 12.3. The molecule has 0 radical (unpaired) electrons. The molecular formula is C20H21NO5. The predicted octanol–water partition coefficient (Wildman–Crippen LogP) is 2.28. The summed E-state index contributed by atoms with van der Waals surface area (Å²) in [5.74, 6) is 1.80. The van der Waals surface area contributed by atoms with Gasteiger partial charge in [-0.15, -0.1) is 0 Å². The largest absolute Gasteiger partial charge is 0.497 e. The summed E-state index contributed by atoms with van der Waals surface area (Å²) in [6.45, 7) is 1.68. The summed E-state index contributed by atoms with van der Waals surface area (Å²) in [6, 6.07) is 12.2. The van der Waals surface area contributed by atoms with Gasteiger partial charge in [0.2, 0.25) is 12.7 Å². The number of hydrogen-bond donors (Lipinski definition) is 1. The van der Waals surface area contributed by atoms with Crippen LogP contribution in [0.1, 0.15) is 18.1 Å². The molecule has 0 aliphatic carbocycles. The Morgan fingerprint density at radius 2 is 1.77 bits per heavy atom. The van der Waals surface area contributed by atoms with Gasteiger partial charge in [0, 0.05) is 0 Å². The molecule has 3 rings (SSSR count). The van der Waals surface area contributed by atoms with Crippen LogP contribution in [0.15, 0.2) is 42.5 Å². The number of nitrogens with one attached hydrogen (secondary N) is 1. The molecule has 2 aromatic rings. The third-order valence-corrected chi connectivity index (χ3v) is 4.23. The Labute approximate surface area is 152 Å². The van der Waals surface area contributed by atoms with Gasteiger partial charge < -0.3 is 19.5 Å². The zero-order valence-electron chi connectivity index (χ0n) is 14.8. The monoisotopic (exact) mass is 355 g/mol. The SMILES string of the molecule is COc1ccc(CC(=O)NC(Cc2ccc3c(c2)OCO3)C(C)=O)cc1. The molecule has 1 N–H and O–H groups in total. The van der Waals surface area contributed by atoms with E-state index in [0.717, 1.165) is 16.9 Å². The molecule has 1 aliphatic rings. The first kappa shape index (κ1) is 17.8. The quantitative estimate of drug-likeness (QED) is 0.825. The summed E-state index contributed by atoms with van der Waals surface area (Å²) in [6.07, 6.45) is 0.606. The maximum absolute atomic E-state index is 12.3. The van der Waals surface area contributed by atoms with E-state index in [2.05, 4.69) is 5.32 Å². The van der Waals surface area contributed by atoms with E-state index in [0.29, 0.717) is 17.9 Å². The highest BCUT2D eigenvalue weighted by Crippen LogP contribution is 2.32. The number of carbonyl (C=O) groups is 2. The van der Waals surface area contributed by atoms with Crippen molar-refractivity contribution in [2.75, 3.05) is 13.9 Å². The van der Waals surface area contributed by atoms with Gasteiger partial charge in [-0.2, -0.15) is 0 Å². The second-order valence-electron chi connectivity index (χ2n) is 6.15. The molecule has 6 heteroatoms. The Balaban J connectivity index is 1.62. The smallest absolute Gasteiger partial charge is 0.231 e. The van der Waals surface area contributed by atoms with Gasteiger partial charge in [0.05, 0.1) is 19.6 Å². The second kappa shape index (κ2) is 7.91. The minimum Gasteiger partial charge on any atom is -0.497 e. The van der Waals surface area contributed by atoms with Gasteiger partial charge in [-0.1, -0.05) is 18.2 Å². The number of Topliss-reactive ketones (excluding diaryl/α,β-unsaturated/α-hetero) is 1. The highest BCUT2D eigenvalue weighted by molar-refractivity contribution is 5.88. The zero-order chi connectivity index (χ0) is 18.5. The number of rotatable bonds is 7. The highest BCUT2D eigenvalue weighted by Gasteiger charge is 2.20. The fourth-order valence-corrected chi connectivity index (χ4v) is 2.77. The molecule has 0 saturated heterocycles. The molecule has 0 spiro atoms. The molecule has 1 amide bonds. The van der Waals surface area contributed by atoms with Crippen molar-refractivity contribution in [3.8, 4) is 17.2 Å². The third-order valence-electron chi connectivity index (χ3n) is 4.23. The summed E-state index contributed by atoms with van der Waals surface area (Å²) >= 11 is 0. The Hall–Kier alpha value is -3.02. The van der Waals surface area contributed by atoms with Gasteiger partial charge in [-0.05, 0) is 48.7 Å². The highest BCUT2D eigenvalue weighted by atomic mass is 16.7. The number of fused-ring (bicyclic) bond motifs is 1. The fraction of sp³-hybridized carbons (Fsp3) is 0.300. The molecule has 6 nitrogen and oxygen atoms in total. The van der Waals surface area contributed by atoms with Crippen molar-refractivity contribution in [2.24, 2.45) is 0 Å². The molecule has 1 atom stereocenters. The number of methoxy groups -OCH3 is 1. The average Bonchev–Trinajstić information content (AvgIpc) is 3.09. The first-order valence-electron chi connectivity index (χ1n) is 8.36. The van der Waals surface area contributed by atoms with Crippen molar-refractivity contribution in [3.05, 3.63) is 53.6 Å². The number of amides is 1. The number of ketones is 1. The van der Waals surface area contributed by atoms with Crippen molar-refractivity contribution in [1.82, 2.24) is 5.32 Å². The summed E-state index contributed by atoms with van der Waals surface area (Å²) in [4.78, 5) is 24.3. The van der Waals surface area contributed by atoms with Crippen molar-refractivity contribution in [1.29, 1.82) is 0 Å². The van der Waals surface area contributed by atoms with Crippen LogP contribution < -0.4 is 19.5 Å². The van der Waals surface area contributed by atoms with E-state index in [1.54, 1.807) is 19.2 Å². The molecular weight excluding hydrogens is 334 g/mol. The van der Waals surface area contributed by atoms with Crippen LogP contribution in [0, 0.1) is 0 Å². The Morgan fingerprint density at radius 1 is 1.08 bits per heavy atom. The van der Waals surface area contributed by atoms with Gasteiger partial charge in [0.15, 0.2) is 17.3 Å². The molecule has 0 saturated carbocycles. The normalized spacial score (nSPS) is 13.2. The van der Waals surface area contributed by atoms with E-state index in [-0.39, 0.29) is 24.9 Å². The summed E-state index contributed by atoms with van der Waals surface area (Å²) in [5, 5.41) is 2.82. The number of ether oxygens (including phenoxy) is 3. The minimum atomic E-state index is -0.582. The second-order valence-corrected chi connectivity index (χ2v) is 6.15. The van der Waals surface area contributed by atoms with Crippen LogP contribution in [0.3, 0.4) is 0 Å². The first-order chi connectivity index (χ1) is 12.5. The molecule has 0 bridgehead atoms. The van der Waals surface area contributed by atoms with Gasteiger partial charge in [0.25, 0.3) is 0 Å². The van der Waals surface area contributed by atoms with E-state index in [1.807, 2.05) is 30.3 Å². The van der Waals surface area contributed by atoms with Gasteiger partial charge in [0.1, 0.15) is 5.75 Å². The van der Waals surface area contributed by atoms with Crippen LogP contribution in [0.2, 0.25) is 0 Å². The summed E-state index contributed by atoms with van der Waals surface area (Å²) < 4.78 is 15.7. The van der Waals surface area contributed by atoms with Crippen LogP contribution in [-0.2, 0) is 22.4 Å². The van der Waals surface area contributed by atoms with E-state index in [1.165, 1.54) is 6.92 Å². The van der Waals surface area contributed by atoms with Crippen molar-refractivity contribution in [2.45, 2.75) is 25.8 Å². The molecule has 0 aromatic heterocycles. The standard InChI is InChI=1S/C20H21NO5/c1-13(22)17(9-15-5-8-18-19(10-15)26-12-25-18)21-20(23)11-14-3-6-16(24-2)7-4-14/h3-8,10,17H,9,11-12H2,1-2H3,(H,21,23). The molecule has 1 aliphatic heterocycles. The molecule has 2 aromatic carbocycles. The van der Waals surface area contributed by atoms with E-state index < -0.39 is 6.04 Å². The van der Waals surface area contributed by atoms with Crippen LogP contribution in [-0.4, -0.2) is 31.6 Å². The lowest BCUT2D eigenvalue weighted by Crippen LogP contribution is -2.42. The molecule has 26 heavy (non-hydrogen) atoms. The van der Waals surface area contributed by atoms with Crippen molar-refractivity contribution >= 4 is 11.7 Å². The van der Waals surface area contributed by atoms with Gasteiger partial charge in [-0.25, -0.2) is 0 Å². The Kier molecular flexibility index (Phi) is 5.41. The third kappa shape index (κ3) is 4.33. The van der Waals surface area contributed by atoms with E-state index >= 15 is 0 Å². The minimum absolute atomic E-state index is 0.0919. The number of hydrogen-bond acceptors (Lipinski definition) is 5. The van der Waals surface area contributed by atoms with Crippen molar-refractivity contribution in [3.63, 3.8) is 0 Å². The fourth-order valence-electron chi connectivity index (χ4n) is 2.77. The predicted molar refractivity (Wildman–Crippen MR) is 95.6 cm³/mol. The topological polar surface area (TPSA) is 73.9 Å².